The van der Waals surface area contributed by atoms with Gasteiger partial charge in [-0.05, 0) is 37.1 Å². The Bertz CT molecular complexity index is 854. The number of hydrogen-bond acceptors (Lipinski definition) is 4. The molecule has 1 saturated heterocycles. The van der Waals surface area contributed by atoms with Crippen molar-refractivity contribution in [1.29, 1.82) is 5.26 Å². The van der Waals surface area contributed by atoms with Gasteiger partial charge in [-0.3, -0.25) is 9.59 Å². The topological polar surface area (TPSA) is 73.2 Å². The lowest BCUT2D eigenvalue weighted by Crippen LogP contribution is -2.38. The lowest BCUT2D eigenvalue weighted by Gasteiger charge is -2.16. The van der Waals surface area contributed by atoms with Gasteiger partial charge < -0.3 is 10.2 Å². The summed E-state index contributed by atoms with van der Waals surface area (Å²) in [6.45, 7) is 1.55. The van der Waals surface area contributed by atoms with Crippen molar-refractivity contribution in [3.8, 4) is 6.07 Å². The summed E-state index contributed by atoms with van der Waals surface area (Å²) >= 11 is 1.37. The van der Waals surface area contributed by atoms with Gasteiger partial charge in [0.1, 0.15) is 6.07 Å². The van der Waals surface area contributed by atoms with E-state index in [4.69, 9.17) is 0 Å². The fourth-order valence-electron chi connectivity index (χ4n) is 2.84. The zero-order valence-electron chi connectivity index (χ0n) is 14.3. The van der Waals surface area contributed by atoms with Gasteiger partial charge in [-0.1, -0.05) is 36.0 Å². The van der Waals surface area contributed by atoms with Crippen LogP contribution in [0.1, 0.15) is 28.8 Å². The van der Waals surface area contributed by atoms with Crippen molar-refractivity contribution in [2.45, 2.75) is 22.6 Å². The minimum absolute atomic E-state index is 0.00656. The van der Waals surface area contributed by atoms with Crippen LogP contribution in [-0.4, -0.2) is 36.3 Å². The van der Waals surface area contributed by atoms with Crippen molar-refractivity contribution in [1.82, 2.24) is 10.2 Å². The Morgan fingerprint density at radius 2 is 1.69 bits per heavy atom. The van der Waals surface area contributed by atoms with E-state index in [1.54, 1.807) is 23.1 Å². The van der Waals surface area contributed by atoms with E-state index in [9.17, 15) is 14.9 Å². The molecule has 0 saturated carbocycles. The van der Waals surface area contributed by atoms with Gasteiger partial charge in [0.15, 0.2) is 0 Å². The molecular weight excluding hydrogens is 346 g/mol. The number of amides is 2. The number of nitriles is 1. The van der Waals surface area contributed by atoms with E-state index < -0.39 is 0 Å². The van der Waals surface area contributed by atoms with E-state index in [2.05, 4.69) is 11.4 Å². The number of nitrogens with one attached hydrogen (secondary N) is 1. The predicted molar refractivity (Wildman–Crippen MR) is 99.9 cm³/mol. The van der Waals surface area contributed by atoms with Crippen LogP contribution in [0.15, 0.2) is 58.3 Å². The number of nitrogens with zero attached hydrogens (tertiary/aromatic N) is 2. The molecule has 5 nitrogen and oxygen atoms in total. The van der Waals surface area contributed by atoms with Crippen LogP contribution < -0.4 is 5.32 Å². The SMILES string of the molecule is N#Cc1ccccc1Sc1ccccc1C(=O)NCC(=O)N1CCCC1. The molecule has 0 aromatic heterocycles. The number of carbonyl (C=O) groups is 2. The Balaban J connectivity index is 1.71. The van der Waals surface area contributed by atoms with Crippen molar-refractivity contribution < 1.29 is 9.59 Å². The molecule has 0 unspecified atom stereocenters. The van der Waals surface area contributed by atoms with Crippen molar-refractivity contribution >= 4 is 23.6 Å². The smallest absolute Gasteiger partial charge is 0.252 e. The first-order valence-electron chi connectivity index (χ1n) is 8.51. The molecule has 0 atom stereocenters. The van der Waals surface area contributed by atoms with E-state index >= 15 is 0 Å². The number of rotatable bonds is 5. The number of hydrogen-bond donors (Lipinski definition) is 1. The molecule has 1 aliphatic rings. The van der Waals surface area contributed by atoms with Gasteiger partial charge in [-0.25, -0.2) is 0 Å². The quantitative estimate of drug-likeness (QED) is 0.884. The van der Waals surface area contributed by atoms with E-state index in [0.29, 0.717) is 11.1 Å². The second-order valence-electron chi connectivity index (χ2n) is 5.98. The molecule has 1 aliphatic heterocycles. The summed E-state index contributed by atoms with van der Waals surface area (Å²) in [6, 6.07) is 16.7. The molecule has 6 heteroatoms. The normalized spacial score (nSPS) is 13.3. The molecule has 132 valence electrons. The molecule has 0 spiro atoms. The zero-order chi connectivity index (χ0) is 18.4. The molecular formula is C20H19N3O2S. The molecule has 0 aliphatic carbocycles. The Morgan fingerprint density at radius 3 is 2.42 bits per heavy atom. The zero-order valence-corrected chi connectivity index (χ0v) is 15.1. The number of benzene rings is 2. The second-order valence-corrected chi connectivity index (χ2v) is 7.06. The average molecular weight is 365 g/mol. The molecule has 2 aromatic carbocycles. The minimum Gasteiger partial charge on any atom is -0.343 e. The fourth-order valence-corrected chi connectivity index (χ4v) is 3.86. The lowest BCUT2D eigenvalue weighted by molar-refractivity contribution is -0.129. The summed E-state index contributed by atoms with van der Waals surface area (Å²) in [5.41, 5.74) is 1.07. The van der Waals surface area contributed by atoms with Crippen molar-refractivity contribution in [3.63, 3.8) is 0 Å². The van der Waals surface area contributed by atoms with Gasteiger partial charge >= 0.3 is 0 Å². The van der Waals surface area contributed by atoms with Crippen LogP contribution in [0.3, 0.4) is 0 Å². The largest absolute Gasteiger partial charge is 0.343 e. The summed E-state index contributed by atoms with van der Waals surface area (Å²) in [4.78, 5) is 28.0. The van der Waals surface area contributed by atoms with Crippen molar-refractivity contribution in [3.05, 3.63) is 59.7 Å². The van der Waals surface area contributed by atoms with E-state index in [0.717, 1.165) is 35.7 Å². The van der Waals surface area contributed by atoms with Gasteiger partial charge in [0.25, 0.3) is 5.91 Å². The first-order valence-corrected chi connectivity index (χ1v) is 9.32. The molecule has 3 rings (SSSR count). The summed E-state index contributed by atoms with van der Waals surface area (Å²) in [7, 11) is 0. The predicted octanol–water partition coefficient (Wildman–Crippen LogP) is 3.06. The van der Waals surface area contributed by atoms with Crippen LogP contribution in [0.4, 0.5) is 0 Å². The molecule has 2 amide bonds. The van der Waals surface area contributed by atoms with E-state index in [-0.39, 0.29) is 18.4 Å². The Labute approximate surface area is 157 Å². The third-order valence-electron chi connectivity index (χ3n) is 4.22. The molecule has 2 aromatic rings. The maximum absolute atomic E-state index is 12.6. The maximum atomic E-state index is 12.6. The van der Waals surface area contributed by atoms with E-state index in [1.807, 2.05) is 30.3 Å². The highest BCUT2D eigenvalue weighted by molar-refractivity contribution is 7.99. The van der Waals surface area contributed by atoms with Crippen LogP contribution in [0.2, 0.25) is 0 Å². The van der Waals surface area contributed by atoms with Crippen LogP contribution in [0.25, 0.3) is 0 Å². The van der Waals surface area contributed by atoms with Gasteiger partial charge in [0.2, 0.25) is 5.91 Å². The van der Waals surface area contributed by atoms with Crippen LogP contribution in [0.5, 0.6) is 0 Å². The van der Waals surface area contributed by atoms with Gasteiger partial charge in [-0.15, -0.1) is 0 Å². The Kier molecular flexibility index (Phi) is 5.92. The van der Waals surface area contributed by atoms with Gasteiger partial charge in [-0.2, -0.15) is 5.26 Å². The maximum Gasteiger partial charge on any atom is 0.252 e. The fraction of sp³-hybridized carbons (Fsp3) is 0.250. The van der Waals surface area contributed by atoms with E-state index in [1.165, 1.54) is 11.8 Å². The molecule has 26 heavy (non-hydrogen) atoms. The second kappa shape index (κ2) is 8.54. The Hall–Kier alpha value is -2.78. The summed E-state index contributed by atoms with van der Waals surface area (Å²) in [6.07, 6.45) is 2.05. The van der Waals surface area contributed by atoms with Gasteiger partial charge in [0.05, 0.1) is 17.7 Å². The lowest BCUT2D eigenvalue weighted by atomic mass is 10.2. The van der Waals surface area contributed by atoms with Crippen molar-refractivity contribution in [2.75, 3.05) is 19.6 Å². The summed E-state index contributed by atoms with van der Waals surface area (Å²) in [5, 5.41) is 12.0. The highest BCUT2D eigenvalue weighted by Crippen LogP contribution is 2.32. The first kappa shape index (κ1) is 18.0. The monoisotopic (exact) mass is 365 g/mol. The molecule has 1 N–H and O–H groups in total. The standard InChI is InChI=1S/C20H19N3O2S/c21-13-15-7-1-3-9-17(15)26-18-10-4-2-8-16(18)20(25)22-14-19(24)23-11-5-6-12-23/h1-4,7-10H,5-6,11-12,14H2,(H,22,25). The molecule has 0 bridgehead atoms. The molecule has 1 fully saturated rings. The Morgan fingerprint density at radius 1 is 1.04 bits per heavy atom. The van der Waals surface area contributed by atoms with Crippen molar-refractivity contribution in [2.24, 2.45) is 0 Å². The van der Waals surface area contributed by atoms with Crippen LogP contribution in [0, 0.1) is 11.3 Å². The number of carbonyl (C=O) groups excluding carboxylic acids is 2. The van der Waals surface area contributed by atoms with Gasteiger partial charge in [0, 0.05) is 22.9 Å². The first-order chi connectivity index (χ1) is 12.7. The highest BCUT2D eigenvalue weighted by Gasteiger charge is 2.19. The molecule has 0 radical (unpaired) electrons. The van der Waals surface area contributed by atoms with Crippen LogP contribution in [-0.2, 0) is 4.79 Å². The van der Waals surface area contributed by atoms with Crippen LogP contribution >= 0.6 is 11.8 Å². The highest BCUT2D eigenvalue weighted by atomic mass is 32.2. The third-order valence-corrected chi connectivity index (χ3v) is 5.37. The third kappa shape index (κ3) is 4.24. The molecule has 1 heterocycles. The minimum atomic E-state index is -0.282. The average Bonchev–Trinajstić information content (AvgIpc) is 3.21. The summed E-state index contributed by atoms with van der Waals surface area (Å²) < 4.78 is 0. The number of likely N-dealkylation sites (tertiary alicyclic amines) is 1. The summed E-state index contributed by atoms with van der Waals surface area (Å²) in [5.74, 6) is -0.328.